The number of rotatable bonds is 5. The minimum absolute atomic E-state index is 0.268. The van der Waals surface area contributed by atoms with Crippen LogP contribution in [-0.4, -0.2) is 28.6 Å². The fourth-order valence-corrected chi connectivity index (χ4v) is 2.07. The van der Waals surface area contributed by atoms with Gasteiger partial charge in [0, 0.05) is 24.3 Å². The van der Waals surface area contributed by atoms with Crippen molar-refractivity contribution in [3.8, 4) is 0 Å². The van der Waals surface area contributed by atoms with Gasteiger partial charge in [-0.15, -0.1) is 0 Å². The lowest BCUT2D eigenvalue weighted by atomic mass is 10.1. The Labute approximate surface area is 104 Å². The van der Waals surface area contributed by atoms with Crippen LogP contribution in [0, 0.1) is 10.1 Å². The van der Waals surface area contributed by atoms with Gasteiger partial charge < -0.3 is 10.0 Å². The van der Waals surface area contributed by atoms with E-state index in [2.05, 4.69) is 4.90 Å². The average molecular weight is 250 g/mol. The summed E-state index contributed by atoms with van der Waals surface area (Å²) in [7, 11) is 0. The lowest BCUT2D eigenvalue weighted by molar-refractivity contribution is -0.385. The molecule has 1 aromatic carbocycles. The van der Waals surface area contributed by atoms with Crippen LogP contribution in [0.3, 0.4) is 0 Å². The highest BCUT2D eigenvalue weighted by Gasteiger charge is 2.30. The molecule has 0 spiro atoms. The zero-order chi connectivity index (χ0) is 13.3. The smallest absolute Gasteiger partial charge is 0.342 e. The molecule has 0 amide bonds. The third kappa shape index (κ3) is 2.27. The predicted octanol–water partition coefficient (Wildman–Crippen LogP) is 2.28. The van der Waals surface area contributed by atoms with E-state index in [-0.39, 0.29) is 11.3 Å². The molecule has 0 saturated heterocycles. The Morgan fingerprint density at radius 2 is 2.22 bits per heavy atom. The molecule has 1 aromatic rings. The lowest BCUT2D eigenvalue weighted by Crippen LogP contribution is -2.25. The molecule has 1 aliphatic carbocycles. The molecule has 0 radical (unpaired) electrons. The van der Waals surface area contributed by atoms with Crippen LogP contribution in [0.2, 0.25) is 0 Å². The van der Waals surface area contributed by atoms with Gasteiger partial charge in [-0.2, -0.15) is 0 Å². The summed E-state index contributed by atoms with van der Waals surface area (Å²) in [6.07, 6.45) is 2.17. The van der Waals surface area contributed by atoms with Gasteiger partial charge in [-0.05, 0) is 31.9 Å². The molecular formula is C12H14N2O4. The Balaban J connectivity index is 2.41. The van der Waals surface area contributed by atoms with Crippen molar-refractivity contribution in [1.29, 1.82) is 0 Å². The van der Waals surface area contributed by atoms with E-state index in [4.69, 9.17) is 5.11 Å². The minimum Gasteiger partial charge on any atom is -0.477 e. The summed E-state index contributed by atoms with van der Waals surface area (Å²) in [6, 6.07) is 4.73. The van der Waals surface area contributed by atoms with Crippen molar-refractivity contribution in [2.24, 2.45) is 0 Å². The van der Waals surface area contributed by atoms with Gasteiger partial charge in [0.1, 0.15) is 5.56 Å². The number of hydrogen-bond donors (Lipinski definition) is 1. The van der Waals surface area contributed by atoms with E-state index in [1.807, 2.05) is 6.92 Å². The maximum Gasteiger partial charge on any atom is 0.342 e. The first kappa shape index (κ1) is 12.3. The Kier molecular flexibility index (Phi) is 3.18. The zero-order valence-electron chi connectivity index (χ0n) is 10.00. The SMILES string of the molecule is CCN(c1ccc(C(=O)O)c([N+](=O)[O-])c1)C1CC1. The van der Waals surface area contributed by atoms with Crippen LogP contribution < -0.4 is 4.90 Å². The molecule has 0 heterocycles. The summed E-state index contributed by atoms with van der Waals surface area (Å²) in [5, 5.41) is 19.8. The topological polar surface area (TPSA) is 83.7 Å². The summed E-state index contributed by atoms with van der Waals surface area (Å²) >= 11 is 0. The molecule has 0 aliphatic heterocycles. The molecule has 6 nitrogen and oxygen atoms in total. The number of hydrogen-bond acceptors (Lipinski definition) is 4. The second-order valence-electron chi connectivity index (χ2n) is 4.28. The number of nitro benzene ring substituents is 1. The molecule has 96 valence electrons. The Hall–Kier alpha value is -2.11. The van der Waals surface area contributed by atoms with Crippen LogP contribution in [-0.2, 0) is 0 Å². The van der Waals surface area contributed by atoms with Crippen molar-refractivity contribution >= 4 is 17.3 Å². The maximum atomic E-state index is 10.9. The zero-order valence-corrected chi connectivity index (χ0v) is 10.00. The highest BCUT2D eigenvalue weighted by molar-refractivity contribution is 5.93. The minimum atomic E-state index is -1.28. The van der Waals surface area contributed by atoms with Crippen molar-refractivity contribution < 1.29 is 14.8 Å². The highest BCUT2D eigenvalue weighted by Crippen LogP contribution is 2.34. The first-order chi connectivity index (χ1) is 8.54. The first-order valence-corrected chi connectivity index (χ1v) is 5.83. The fourth-order valence-electron chi connectivity index (χ4n) is 2.07. The molecular weight excluding hydrogens is 236 g/mol. The molecule has 0 aromatic heterocycles. The van der Waals surface area contributed by atoms with Gasteiger partial charge in [0.2, 0.25) is 0 Å². The molecule has 0 atom stereocenters. The number of carboxylic acid groups (broad SMARTS) is 1. The Morgan fingerprint density at radius 3 is 2.67 bits per heavy atom. The van der Waals surface area contributed by atoms with Crippen LogP contribution in [0.5, 0.6) is 0 Å². The van der Waals surface area contributed by atoms with E-state index in [1.54, 1.807) is 6.07 Å². The van der Waals surface area contributed by atoms with Crippen LogP contribution in [0.1, 0.15) is 30.1 Å². The molecule has 0 bridgehead atoms. The number of nitrogens with zero attached hydrogens (tertiary/aromatic N) is 2. The molecule has 1 saturated carbocycles. The van der Waals surface area contributed by atoms with Crippen molar-refractivity contribution in [3.05, 3.63) is 33.9 Å². The van der Waals surface area contributed by atoms with E-state index in [9.17, 15) is 14.9 Å². The van der Waals surface area contributed by atoms with Gasteiger partial charge in [0.15, 0.2) is 0 Å². The molecule has 1 aliphatic rings. The number of carboxylic acids is 1. The van der Waals surface area contributed by atoms with Crippen molar-refractivity contribution in [3.63, 3.8) is 0 Å². The molecule has 18 heavy (non-hydrogen) atoms. The molecule has 1 fully saturated rings. The van der Waals surface area contributed by atoms with E-state index in [0.717, 1.165) is 25.1 Å². The molecule has 6 heteroatoms. The second-order valence-corrected chi connectivity index (χ2v) is 4.28. The average Bonchev–Trinajstić information content (AvgIpc) is 3.14. The van der Waals surface area contributed by atoms with E-state index < -0.39 is 10.9 Å². The van der Waals surface area contributed by atoms with Crippen LogP contribution in [0.4, 0.5) is 11.4 Å². The Bertz CT molecular complexity index is 497. The predicted molar refractivity (Wildman–Crippen MR) is 66.1 cm³/mol. The Morgan fingerprint density at radius 1 is 1.56 bits per heavy atom. The second kappa shape index (κ2) is 4.64. The van der Waals surface area contributed by atoms with E-state index in [1.165, 1.54) is 12.1 Å². The van der Waals surface area contributed by atoms with Crippen molar-refractivity contribution in [2.75, 3.05) is 11.4 Å². The number of aromatic carboxylic acids is 1. The van der Waals surface area contributed by atoms with E-state index in [0.29, 0.717) is 6.04 Å². The standard InChI is InChI=1S/C12H14N2O4/c1-2-13(8-3-4-8)9-5-6-10(12(15)16)11(7-9)14(17)18/h5-8H,2-4H2,1H3,(H,15,16). The van der Waals surface area contributed by atoms with Crippen molar-refractivity contribution in [1.82, 2.24) is 0 Å². The highest BCUT2D eigenvalue weighted by atomic mass is 16.6. The van der Waals surface area contributed by atoms with E-state index >= 15 is 0 Å². The molecule has 2 rings (SSSR count). The number of carbonyl (C=O) groups is 1. The third-order valence-electron chi connectivity index (χ3n) is 3.07. The molecule has 1 N–H and O–H groups in total. The van der Waals surface area contributed by atoms with Crippen LogP contribution >= 0.6 is 0 Å². The van der Waals surface area contributed by atoms with Crippen LogP contribution in [0.25, 0.3) is 0 Å². The number of nitro groups is 1. The van der Waals surface area contributed by atoms with Crippen molar-refractivity contribution in [2.45, 2.75) is 25.8 Å². The fraction of sp³-hybridized carbons (Fsp3) is 0.417. The van der Waals surface area contributed by atoms with Gasteiger partial charge in [0.25, 0.3) is 5.69 Å². The summed E-state index contributed by atoms with van der Waals surface area (Å²) in [6.45, 7) is 2.74. The van der Waals surface area contributed by atoms with Gasteiger partial charge in [-0.1, -0.05) is 0 Å². The number of anilines is 1. The quantitative estimate of drug-likeness (QED) is 0.640. The number of benzene rings is 1. The van der Waals surface area contributed by atoms with Crippen LogP contribution in [0.15, 0.2) is 18.2 Å². The first-order valence-electron chi connectivity index (χ1n) is 5.83. The monoisotopic (exact) mass is 250 g/mol. The van der Waals surface area contributed by atoms with Gasteiger partial charge in [0.05, 0.1) is 4.92 Å². The normalized spacial score (nSPS) is 14.3. The third-order valence-corrected chi connectivity index (χ3v) is 3.07. The molecule has 0 unspecified atom stereocenters. The summed E-state index contributed by atoms with van der Waals surface area (Å²) in [5.41, 5.74) is 0.103. The summed E-state index contributed by atoms with van der Waals surface area (Å²) in [4.78, 5) is 23.2. The van der Waals surface area contributed by atoms with Gasteiger partial charge in [-0.25, -0.2) is 4.79 Å². The largest absolute Gasteiger partial charge is 0.477 e. The lowest BCUT2D eigenvalue weighted by Gasteiger charge is -2.22. The summed E-state index contributed by atoms with van der Waals surface area (Å²) in [5.74, 6) is -1.28. The summed E-state index contributed by atoms with van der Waals surface area (Å²) < 4.78 is 0. The maximum absolute atomic E-state index is 10.9. The van der Waals surface area contributed by atoms with Gasteiger partial charge >= 0.3 is 5.97 Å². The van der Waals surface area contributed by atoms with Gasteiger partial charge in [-0.3, -0.25) is 10.1 Å².